The summed E-state index contributed by atoms with van der Waals surface area (Å²) < 4.78 is 0. The van der Waals surface area contributed by atoms with Gasteiger partial charge in [0.1, 0.15) is 0 Å². The average molecular weight is 192 g/mol. The molecule has 0 bridgehead atoms. The van der Waals surface area contributed by atoms with Gasteiger partial charge < -0.3 is 16.2 Å². The minimum atomic E-state index is 0.0156. The molecule has 0 saturated carbocycles. The van der Waals surface area contributed by atoms with Gasteiger partial charge in [0.25, 0.3) is 0 Å². The first kappa shape index (κ1) is 11.7. The molecule has 12 heavy (non-hydrogen) atoms. The zero-order valence-electron chi connectivity index (χ0n) is 7.08. The number of amides is 1. The topological polar surface area (TPSA) is 75.4 Å². The Morgan fingerprint density at radius 1 is 1.58 bits per heavy atom. The minimum Gasteiger partial charge on any atom is -0.396 e. The second-order valence-electron chi connectivity index (χ2n) is 2.27. The highest BCUT2D eigenvalue weighted by molar-refractivity contribution is 7.99. The van der Waals surface area contributed by atoms with E-state index in [0.29, 0.717) is 25.3 Å². The molecule has 0 spiro atoms. The fourth-order valence-electron chi connectivity index (χ4n) is 0.606. The van der Waals surface area contributed by atoms with Crippen LogP contribution < -0.4 is 11.1 Å². The molecule has 0 radical (unpaired) electrons. The van der Waals surface area contributed by atoms with Crippen LogP contribution in [0.1, 0.15) is 6.42 Å². The van der Waals surface area contributed by atoms with Crippen LogP contribution in [0, 0.1) is 0 Å². The van der Waals surface area contributed by atoms with Gasteiger partial charge in [0.2, 0.25) is 5.91 Å². The first-order valence-corrected chi connectivity index (χ1v) is 5.12. The van der Waals surface area contributed by atoms with Gasteiger partial charge in [0.05, 0.1) is 5.75 Å². The number of hydrogen-bond donors (Lipinski definition) is 3. The van der Waals surface area contributed by atoms with Gasteiger partial charge in [0, 0.05) is 25.4 Å². The van der Waals surface area contributed by atoms with E-state index in [2.05, 4.69) is 5.32 Å². The lowest BCUT2D eigenvalue weighted by Crippen LogP contribution is -2.27. The highest BCUT2D eigenvalue weighted by Gasteiger charge is 1.98. The molecule has 0 unspecified atom stereocenters. The maximum Gasteiger partial charge on any atom is 0.229 e. The lowest BCUT2D eigenvalue weighted by molar-refractivity contribution is -0.118. The van der Waals surface area contributed by atoms with E-state index in [1.165, 1.54) is 11.8 Å². The van der Waals surface area contributed by atoms with Gasteiger partial charge in [-0.05, 0) is 6.42 Å². The number of aliphatic hydroxyl groups is 1. The van der Waals surface area contributed by atoms with Crippen LogP contribution in [-0.2, 0) is 4.79 Å². The Kier molecular flexibility index (Phi) is 8.64. The Hall–Kier alpha value is -0.260. The van der Waals surface area contributed by atoms with Gasteiger partial charge >= 0.3 is 0 Å². The number of rotatable bonds is 7. The van der Waals surface area contributed by atoms with Crippen molar-refractivity contribution in [2.75, 3.05) is 31.2 Å². The first-order valence-electron chi connectivity index (χ1n) is 3.96. The molecule has 0 aliphatic carbocycles. The normalized spacial score (nSPS) is 9.83. The largest absolute Gasteiger partial charge is 0.396 e. The summed E-state index contributed by atoms with van der Waals surface area (Å²) >= 11 is 1.52. The van der Waals surface area contributed by atoms with E-state index >= 15 is 0 Å². The lowest BCUT2D eigenvalue weighted by atomic mass is 10.4. The number of nitrogens with two attached hydrogens (primary N) is 1. The smallest absolute Gasteiger partial charge is 0.229 e. The van der Waals surface area contributed by atoms with Crippen molar-refractivity contribution < 1.29 is 9.90 Å². The lowest BCUT2D eigenvalue weighted by Gasteiger charge is -2.02. The van der Waals surface area contributed by atoms with Crippen LogP contribution in [0.15, 0.2) is 0 Å². The SMILES string of the molecule is NCCSCC(=O)NCCCO. The molecule has 72 valence electrons. The van der Waals surface area contributed by atoms with Crippen molar-refractivity contribution in [3.63, 3.8) is 0 Å². The molecule has 0 aromatic heterocycles. The zero-order chi connectivity index (χ0) is 9.23. The third-order valence-electron chi connectivity index (χ3n) is 1.15. The van der Waals surface area contributed by atoms with E-state index in [1.54, 1.807) is 0 Å². The van der Waals surface area contributed by atoms with Crippen LogP contribution in [0.25, 0.3) is 0 Å². The standard InChI is InChI=1S/C7H16N2O2S/c8-2-5-12-6-7(11)9-3-1-4-10/h10H,1-6,8H2,(H,9,11). The molecule has 0 atom stereocenters. The Morgan fingerprint density at radius 3 is 2.92 bits per heavy atom. The van der Waals surface area contributed by atoms with Crippen molar-refractivity contribution in [2.24, 2.45) is 5.73 Å². The van der Waals surface area contributed by atoms with Crippen LogP contribution in [0.5, 0.6) is 0 Å². The number of carbonyl (C=O) groups excluding carboxylic acids is 1. The summed E-state index contributed by atoms with van der Waals surface area (Å²) in [6.45, 7) is 1.28. The van der Waals surface area contributed by atoms with Crippen LogP contribution >= 0.6 is 11.8 Å². The Bertz CT molecular complexity index is 110. The summed E-state index contributed by atoms with van der Waals surface area (Å²) in [5.41, 5.74) is 5.25. The summed E-state index contributed by atoms with van der Waals surface area (Å²) in [5.74, 6) is 1.29. The van der Waals surface area contributed by atoms with E-state index in [-0.39, 0.29) is 12.5 Å². The summed E-state index contributed by atoms with van der Waals surface area (Å²) in [7, 11) is 0. The number of hydrogen-bond acceptors (Lipinski definition) is 4. The van der Waals surface area contributed by atoms with Gasteiger partial charge in [-0.3, -0.25) is 4.79 Å². The third-order valence-corrected chi connectivity index (χ3v) is 2.14. The molecule has 0 saturated heterocycles. The third kappa shape index (κ3) is 7.84. The maximum absolute atomic E-state index is 10.9. The van der Waals surface area contributed by atoms with Crippen molar-refractivity contribution in [1.29, 1.82) is 0 Å². The van der Waals surface area contributed by atoms with Gasteiger partial charge in [-0.2, -0.15) is 11.8 Å². The number of nitrogens with one attached hydrogen (secondary N) is 1. The molecule has 0 rings (SSSR count). The van der Waals surface area contributed by atoms with E-state index in [4.69, 9.17) is 10.8 Å². The molecule has 0 aromatic rings. The van der Waals surface area contributed by atoms with Crippen LogP contribution in [-0.4, -0.2) is 42.2 Å². The average Bonchev–Trinajstić information content (AvgIpc) is 2.06. The molecule has 0 aliphatic rings. The predicted octanol–water partition coefficient (Wildman–Crippen LogP) is -0.823. The summed E-state index contributed by atoms with van der Waals surface area (Å²) in [6.07, 6.45) is 0.618. The molecule has 1 amide bonds. The number of aliphatic hydroxyl groups excluding tert-OH is 1. The summed E-state index contributed by atoms with van der Waals surface area (Å²) in [6, 6.07) is 0. The van der Waals surface area contributed by atoms with Crippen LogP contribution in [0.3, 0.4) is 0 Å². The van der Waals surface area contributed by atoms with Gasteiger partial charge in [-0.1, -0.05) is 0 Å². The van der Waals surface area contributed by atoms with E-state index in [0.717, 1.165) is 5.75 Å². The molecular weight excluding hydrogens is 176 g/mol. The second kappa shape index (κ2) is 8.83. The van der Waals surface area contributed by atoms with E-state index in [1.807, 2.05) is 0 Å². The number of thioether (sulfide) groups is 1. The van der Waals surface area contributed by atoms with Crippen molar-refractivity contribution in [1.82, 2.24) is 5.32 Å². The van der Waals surface area contributed by atoms with E-state index in [9.17, 15) is 4.79 Å². The first-order chi connectivity index (χ1) is 5.81. The minimum absolute atomic E-state index is 0.0156. The van der Waals surface area contributed by atoms with Crippen molar-refractivity contribution in [3.05, 3.63) is 0 Å². The zero-order valence-corrected chi connectivity index (χ0v) is 7.90. The quantitative estimate of drug-likeness (QED) is 0.461. The molecule has 0 aromatic carbocycles. The monoisotopic (exact) mass is 192 g/mol. The fourth-order valence-corrected chi connectivity index (χ4v) is 1.20. The van der Waals surface area contributed by atoms with Crippen molar-refractivity contribution in [2.45, 2.75) is 6.42 Å². The maximum atomic E-state index is 10.9. The van der Waals surface area contributed by atoms with Crippen LogP contribution in [0.2, 0.25) is 0 Å². The van der Waals surface area contributed by atoms with Crippen molar-refractivity contribution >= 4 is 17.7 Å². The highest BCUT2D eigenvalue weighted by atomic mass is 32.2. The molecule has 4 N–H and O–H groups in total. The van der Waals surface area contributed by atoms with Crippen molar-refractivity contribution in [3.8, 4) is 0 Å². The van der Waals surface area contributed by atoms with E-state index < -0.39 is 0 Å². The summed E-state index contributed by atoms with van der Waals surface area (Å²) in [4.78, 5) is 10.9. The Labute approximate surface area is 76.9 Å². The molecule has 0 fully saturated rings. The summed E-state index contributed by atoms with van der Waals surface area (Å²) in [5, 5.41) is 11.1. The Balaban J connectivity index is 3.10. The fraction of sp³-hybridized carbons (Fsp3) is 0.857. The number of carbonyl (C=O) groups is 1. The molecule has 5 heteroatoms. The second-order valence-corrected chi connectivity index (χ2v) is 3.37. The molecule has 0 heterocycles. The molecule has 0 aliphatic heterocycles. The highest BCUT2D eigenvalue weighted by Crippen LogP contribution is 1.95. The van der Waals surface area contributed by atoms with Gasteiger partial charge in [-0.25, -0.2) is 0 Å². The van der Waals surface area contributed by atoms with Gasteiger partial charge in [0.15, 0.2) is 0 Å². The molecule has 4 nitrogen and oxygen atoms in total. The Morgan fingerprint density at radius 2 is 2.33 bits per heavy atom. The van der Waals surface area contributed by atoms with Crippen LogP contribution in [0.4, 0.5) is 0 Å². The molecular formula is C7H16N2O2S. The van der Waals surface area contributed by atoms with Gasteiger partial charge in [-0.15, -0.1) is 0 Å². The predicted molar refractivity (Wildman–Crippen MR) is 51.1 cm³/mol.